The van der Waals surface area contributed by atoms with Gasteiger partial charge in [-0.05, 0) is 75.7 Å². The number of hydrogen-bond donors (Lipinski definition) is 0. The Labute approximate surface area is 169 Å². The number of hydrogen-bond acceptors (Lipinski definition) is 5. The first-order valence-electron chi connectivity index (χ1n) is 8.87. The Morgan fingerprint density at radius 2 is 1.81 bits per heavy atom. The van der Waals surface area contributed by atoms with Gasteiger partial charge in [0.25, 0.3) is 5.91 Å². The first-order chi connectivity index (χ1) is 12.9. The number of rotatable bonds is 6. The number of likely N-dealkylation sites (N-methyl/N-ethyl adjacent to an activating group) is 1. The molecule has 0 spiro atoms. The van der Waals surface area contributed by atoms with Crippen LogP contribution in [0, 0.1) is 13.8 Å². The molecule has 0 aliphatic heterocycles. The van der Waals surface area contributed by atoms with Crippen LogP contribution in [0.25, 0.3) is 10.2 Å². The SMILES string of the molecule is CSc1ccc(C(=O)N(CCN(C)C)c2nc3c(C)cc(C)cc3s2)cc1. The number of nitrogens with zero attached hydrogens (tertiary/aromatic N) is 3. The van der Waals surface area contributed by atoms with Gasteiger partial charge in [-0.25, -0.2) is 4.98 Å². The van der Waals surface area contributed by atoms with Gasteiger partial charge < -0.3 is 4.90 Å². The number of aryl methyl sites for hydroxylation is 2. The normalized spacial score (nSPS) is 11.3. The molecule has 0 atom stereocenters. The lowest BCUT2D eigenvalue weighted by Crippen LogP contribution is -2.36. The molecule has 3 rings (SSSR count). The van der Waals surface area contributed by atoms with E-state index in [0.717, 1.165) is 32.4 Å². The Kier molecular flexibility index (Phi) is 6.19. The Bertz CT molecular complexity index is 948. The van der Waals surface area contributed by atoms with Crippen molar-refractivity contribution in [3.63, 3.8) is 0 Å². The fourth-order valence-corrected chi connectivity index (χ4v) is 4.52. The van der Waals surface area contributed by atoms with Crippen molar-refractivity contribution in [3.05, 3.63) is 53.1 Å². The van der Waals surface area contributed by atoms with E-state index >= 15 is 0 Å². The molecule has 0 unspecified atom stereocenters. The van der Waals surface area contributed by atoms with Crippen molar-refractivity contribution in [1.29, 1.82) is 0 Å². The number of amides is 1. The molecule has 0 N–H and O–H groups in total. The number of carbonyl (C=O) groups is 1. The van der Waals surface area contributed by atoms with E-state index in [0.29, 0.717) is 12.1 Å². The second-order valence-corrected chi connectivity index (χ2v) is 8.80. The van der Waals surface area contributed by atoms with Gasteiger partial charge in [-0.1, -0.05) is 17.4 Å². The lowest BCUT2D eigenvalue weighted by Gasteiger charge is -2.22. The summed E-state index contributed by atoms with van der Waals surface area (Å²) in [5, 5.41) is 0.763. The number of anilines is 1. The molecule has 0 saturated heterocycles. The van der Waals surface area contributed by atoms with Crippen LogP contribution in [0.15, 0.2) is 41.3 Å². The molecule has 0 aliphatic carbocycles. The first kappa shape index (κ1) is 19.9. The predicted octanol–water partition coefficient (Wildman–Crippen LogP) is 4.84. The number of carbonyl (C=O) groups excluding carboxylic acids is 1. The predicted molar refractivity (Wildman–Crippen MR) is 118 cm³/mol. The van der Waals surface area contributed by atoms with Crippen molar-refractivity contribution in [3.8, 4) is 0 Å². The molecule has 27 heavy (non-hydrogen) atoms. The van der Waals surface area contributed by atoms with E-state index in [1.165, 1.54) is 5.56 Å². The molecule has 1 heterocycles. The monoisotopic (exact) mass is 399 g/mol. The van der Waals surface area contributed by atoms with Crippen molar-refractivity contribution >= 4 is 44.4 Å². The number of fused-ring (bicyclic) bond motifs is 1. The van der Waals surface area contributed by atoms with Crippen LogP contribution in [-0.4, -0.2) is 49.2 Å². The highest BCUT2D eigenvalue weighted by Crippen LogP contribution is 2.32. The maximum Gasteiger partial charge on any atom is 0.260 e. The van der Waals surface area contributed by atoms with Crippen LogP contribution in [-0.2, 0) is 0 Å². The van der Waals surface area contributed by atoms with Gasteiger partial charge in [-0.15, -0.1) is 11.8 Å². The Morgan fingerprint density at radius 1 is 1.11 bits per heavy atom. The summed E-state index contributed by atoms with van der Waals surface area (Å²) in [7, 11) is 4.03. The van der Waals surface area contributed by atoms with Crippen LogP contribution in [0.2, 0.25) is 0 Å². The molecule has 0 bridgehead atoms. The summed E-state index contributed by atoms with van der Waals surface area (Å²) < 4.78 is 1.13. The van der Waals surface area contributed by atoms with Crippen molar-refractivity contribution in [2.24, 2.45) is 0 Å². The molecule has 0 saturated carbocycles. The van der Waals surface area contributed by atoms with Gasteiger partial charge in [0.05, 0.1) is 10.2 Å². The third-order valence-electron chi connectivity index (χ3n) is 4.40. The Hall–Kier alpha value is -1.89. The van der Waals surface area contributed by atoms with Crippen LogP contribution >= 0.6 is 23.1 Å². The van der Waals surface area contributed by atoms with E-state index in [-0.39, 0.29) is 5.91 Å². The molecule has 0 fully saturated rings. The molecule has 1 aromatic heterocycles. The number of aromatic nitrogens is 1. The second kappa shape index (κ2) is 8.42. The van der Waals surface area contributed by atoms with Crippen LogP contribution in [0.3, 0.4) is 0 Å². The van der Waals surface area contributed by atoms with Crippen molar-refractivity contribution in [1.82, 2.24) is 9.88 Å². The molecule has 142 valence electrons. The first-order valence-corrected chi connectivity index (χ1v) is 10.9. The van der Waals surface area contributed by atoms with Gasteiger partial charge in [-0.3, -0.25) is 9.69 Å². The van der Waals surface area contributed by atoms with E-state index in [9.17, 15) is 4.79 Å². The molecule has 4 nitrogen and oxygen atoms in total. The maximum atomic E-state index is 13.3. The largest absolute Gasteiger partial charge is 0.308 e. The van der Waals surface area contributed by atoms with Gasteiger partial charge in [-0.2, -0.15) is 0 Å². The molecular weight excluding hydrogens is 374 g/mol. The summed E-state index contributed by atoms with van der Waals surface area (Å²) in [5.74, 6) is -0.00191. The van der Waals surface area contributed by atoms with Crippen LogP contribution in [0.5, 0.6) is 0 Å². The van der Waals surface area contributed by atoms with Gasteiger partial charge in [0.15, 0.2) is 5.13 Å². The molecule has 0 aliphatic rings. The minimum Gasteiger partial charge on any atom is -0.308 e. The van der Waals surface area contributed by atoms with Crippen molar-refractivity contribution < 1.29 is 4.79 Å². The van der Waals surface area contributed by atoms with E-state index in [1.807, 2.05) is 49.5 Å². The highest BCUT2D eigenvalue weighted by Gasteiger charge is 2.22. The average molecular weight is 400 g/mol. The van der Waals surface area contributed by atoms with E-state index in [4.69, 9.17) is 4.98 Å². The zero-order valence-corrected chi connectivity index (χ0v) is 18.1. The molecular formula is C21H25N3OS2. The molecule has 3 aromatic rings. The van der Waals surface area contributed by atoms with Crippen LogP contribution in [0.1, 0.15) is 21.5 Å². The van der Waals surface area contributed by atoms with Gasteiger partial charge in [0.2, 0.25) is 0 Å². The topological polar surface area (TPSA) is 36.4 Å². The van der Waals surface area contributed by atoms with E-state index in [1.54, 1.807) is 23.1 Å². The summed E-state index contributed by atoms with van der Waals surface area (Å²) in [6.45, 7) is 5.55. The van der Waals surface area contributed by atoms with Gasteiger partial charge >= 0.3 is 0 Å². The van der Waals surface area contributed by atoms with Crippen LogP contribution in [0.4, 0.5) is 5.13 Å². The summed E-state index contributed by atoms with van der Waals surface area (Å²) >= 11 is 3.26. The zero-order chi connectivity index (χ0) is 19.6. The van der Waals surface area contributed by atoms with Crippen molar-refractivity contribution in [2.45, 2.75) is 18.7 Å². The summed E-state index contributed by atoms with van der Waals surface area (Å²) in [6, 6.07) is 12.1. The van der Waals surface area contributed by atoms with Gasteiger partial charge in [0.1, 0.15) is 0 Å². The minimum absolute atomic E-state index is 0.00191. The molecule has 2 aromatic carbocycles. The fourth-order valence-electron chi connectivity index (χ4n) is 2.95. The van der Waals surface area contributed by atoms with Gasteiger partial charge in [0, 0.05) is 23.5 Å². The Morgan fingerprint density at radius 3 is 2.44 bits per heavy atom. The lowest BCUT2D eigenvalue weighted by molar-refractivity contribution is 0.0985. The van der Waals surface area contributed by atoms with Crippen molar-refractivity contribution in [2.75, 3.05) is 38.3 Å². The van der Waals surface area contributed by atoms with E-state index in [2.05, 4.69) is 30.9 Å². The standard InChI is InChI=1S/C21H25N3OS2/c1-14-12-15(2)19-18(13-14)27-21(22-19)24(11-10-23(3)4)20(25)16-6-8-17(26-5)9-7-16/h6-9,12-13H,10-11H2,1-5H3. The zero-order valence-electron chi connectivity index (χ0n) is 16.4. The molecule has 1 amide bonds. The Balaban J connectivity index is 1.99. The number of benzene rings is 2. The number of thiazole rings is 1. The third kappa shape index (κ3) is 4.51. The quantitative estimate of drug-likeness (QED) is 0.556. The highest BCUT2D eigenvalue weighted by molar-refractivity contribution is 7.98. The average Bonchev–Trinajstić information content (AvgIpc) is 3.05. The summed E-state index contributed by atoms with van der Waals surface area (Å²) in [4.78, 5) is 23.1. The smallest absolute Gasteiger partial charge is 0.260 e. The summed E-state index contributed by atoms with van der Waals surface area (Å²) in [6.07, 6.45) is 2.03. The fraction of sp³-hybridized carbons (Fsp3) is 0.333. The maximum absolute atomic E-state index is 13.3. The van der Waals surface area contributed by atoms with Crippen LogP contribution < -0.4 is 4.90 Å². The highest BCUT2D eigenvalue weighted by atomic mass is 32.2. The molecule has 0 radical (unpaired) electrons. The lowest BCUT2D eigenvalue weighted by atomic mass is 10.1. The van der Waals surface area contributed by atoms with E-state index < -0.39 is 0 Å². The third-order valence-corrected chi connectivity index (χ3v) is 6.17. The minimum atomic E-state index is -0.00191. The summed E-state index contributed by atoms with van der Waals surface area (Å²) in [5.41, 5.74) is 4.05. The second-order valence-electron chi connectivity index (χ2n) is 6.91. The number of thioether (sulfide) groups is 1. The molecule has 6 heteroatoms.